The summed E-state index contributed by atoms with van der Waals surface area (Å²) in [6.07, 6.45) is 0. The molecule has 1 aliphatic heterocycles. The van der Waals surface area contributed by atoms with Crippen molar-refractivity contribution in [1.82, 2.24) is 4.31 Å². The van der Waals surface area contributed by atoms with E-state index in [1.165, 1.54) is 10.4 Å². The zero-order valence-electron chi connectivity index (χ0n) is 14.8. The van der Waals surface area contributed by atoms with E-state index in [4.69, 9.17) is 27.9 Å². The van der Waals surface area contributed by atoms with Gasteiger partial charge in [0.2, 0.25) is 10.0 Å². The Morgan fingerprint density at radius 1 is 0.929 bits per heavy atom. The normalized spacial score (nSPS) is 18.7. The molecule has 0 bridgehead atoms. The van der Waals surface area contributed by atoms with Crippen molar-refractivity contribution in [2.45, 2.75) is 17.5 Å². The highest BCUT2D eigenvalue weighted by molar-refractivity contribution is 7.89. The molecule has 28 heavy (non-hydrogen) atoms. The molecule has 1 heterocycles. The van der Waals surface area contributed by atoms with Gasteiger partial charge >= 0.3 is 0 Å². The number of ether oxygens (including phenoxy) is 1. The number of halogens is 2. The number of fused-ring (bicyclic) bond motifs is 1. The summed E-state index contributed by atoms with van der Waals surface area (Å²) in [7, 11) is -3.86. The van der Waals surface area contributed by atoms with Gasteiger partial charge in [-0.05, 0) is 35.4 Å². The Morgan fingerprint density at radius 3 is 2.36 bits per heavy atom. The first kappa shape index (κ1) is 19.3. The van der Waals surface area contributed by atoms with Gasteiger partial charge in [0.15, 0.2) is 5.75 Å². The zero-order valence-corrected chi connectivity index (χ0v) is 17.1. The molecule has 1 atom stereocenters. The molecule has 3 aromatic carbocycles. The predicted octanol–water partition coefficient (Wildman–Crippen LogP) is 5.32. The van der Waals surface area contributed by atoms with Gasteiger partial charge in [-0.25, -0.2) is 8.42 Å². The average Bonchev–Trinajstić information content (AvgIpc) is 2.80. The fourth-order valence-corrected chi connectivity index (χ4v) is 5.43. The summed E-state index contributed by atoms with van der Waals surface area (Å²) in [5.74, 6) is 0.198. The molecule has 0 radical (unpaired) electrons. The number of rotatable bonds is 3. The molecular weight excluding hydrogens is 417 g/mol. The van der Waals surface area contributed by atoms with Crippen molar-refractivity contribution in [2.24, 2.45) is 0 Å². The molecule has 4 nitrogen and oxygen atoms in total. The summed E-state index contributed by atoms with van der Waals surface area (Å²) >= 11 is 12.2. The smallest absolute Gasteiger partial charge is 0.247 e. The molecule has 3 aromatic rings. The summed E-state index contributed by atoms with van der Waals surface area (Å²) in [5, 5.41) is 0.878. The first-order valence-electron chi connectivity index (χ1n) is 8.69. The van der Waals surface area contributed by atoms with Crippen molar-refractivity contribution < 1.29 is 13.2 Å². The van der Waals surface area contributed by atoms with Crippen LogP contribution in [0.1, 0.15) is 17.2 Å². The van der Waals surface area contributed by atoms with Crippen molar-refractivity contribution in [1.29, 1.82) is 0 Å². The van der Waals surface area contributed by atoms with E-state index in [1.54, 1.807) is 24.3 Å². The summed E-state index contributed by atoms with van der Waals surface area (Å²) in [6, 6.07) is 20.9. The number of hydrogen-bond donors (Lipinski definition) is 0. The standard InChI is InChI=1S/C21H17Cl2NO3S/c22-17-11-9-15(10-12-17)13-24-19(16-5-2-1-3-6-16)14-27-21-18(23)7-4-8-20(21)28(24,25)26/h1-12,19H,13-14H2/t19-/m1/s1. The van der Waals surface area contributed by atoms with E-state index in [0.717, 1.165) is 11.1 Å². The predicted molar refractivity (Wildman–Crippen MR) is 110 cm³/mol. The van der Waals surface area contributed by atoms with Crippen LogP contribution in [-0.2, 0) is 16.6 Å². The summed E-state index contributed by atoms with van der Waals surface area (Å²) in [6.45, 7) is 0.349. The first-order chi connectivity index (χ1) is 13.5. The SMILES string of the molecule is O=S1(=O)c2cccc(Cl)c2OC[C@H](c2ccccc2)N1Cc1ccc(Cl)cc1. The highest BCUT2D eigenvalue weighted by Crippen LogP contribution is 2.41. The van der Waals surface area contributed by atoms with Gasteiger partial charge in [0.25, 0.3) is 0 Å². The third-order valence-electron chi connectivity index (χ3n) is 4.69. The van der Waals surface area contributed by atoms with Crippen LogP contribution in [0.4, 0.5) is 0 Å². The van der Waals surface area contributed by atoms with Crippen LogP contribution in [0, 0.1) is 0 Å². The van der Waals surface area contributed by atoms with E-state index >= 15 is 0 Å². The maximum atomic E-state index is 13.6. The quantitative estimate of drug-likeness (QED) is 0.561. The molecular formula is C21H17Cl2NO3S. The van der Waals surface area contributed by atoms with Gasteiger partial charge < -0.3 is 4.74 Å². The van der Waals surface area contributed by atoms with Gasteiger partial charge in [0, 0.05) is 11.6 Å². The summed E-state index contributed by atoms with van der Waals surface area (Å²) < 4.78 is 34.5. The molecule has 0 aromatic heterocycles. The lowest BCUT2D eigenvalue weighted by atomic mass is 10.1. The average molecular weight is 434 g/mol. The van der Waals surface area contributed by atoms with Crippen molar-refractivity contribution in [3.05, 3.63) is 94.0 Å². The van der Waals surface area contributed by atoms with Crippen LogP contribution in [0.25, 0.3) is 0 Å². The summed E-state index contributed by atoms with van der Waals surface area (Å²) in [5.41, 5.74) is 1.68. The molecule has 4 rings (SSSR count). The van der Waals surface area contributed by atoms with E-state index in [-0.39, 0.29) is 28.8 Å². The lowest BCUT2D eigenvalue weighted by Crippen LogP contribution is -2.35. The Morgan fingerprint density at radius 2 is 1.64 bits per heavy atom. The second kappa shape index (κ2) is 7.76. The number of hydrogen-bond acceptors (Lipinski definition) is 3. The molecule has 0 fully saturated rings. The van der Waals surface area contributed by atoms with Crippen LogP contribution in [-0.4, -0.2) is 19.3 Å². The number of sulfonamides is 1. The highest BCUT2D eigenvalue weighted by Gasteiger charge is 2.38. The monoisotopic (exact) mass is 433 g/mol. The zero-order chi connectivity index (χ0) is 19.7. The fourth-order valence-electron chi connectivity index (χ4n) is 3.27. The van der Waals surface area contributed by atoms with E-state index in [0.29, 0.717) is 5.02 Å². The first-order valence-corrected chi connectivity index (χ1v) is 10.9. The minimum absolute atomic E-state index is 0.0763. The minimum atomic E-state index is -3.86. The van der Waals surface area contributed by atoms with Gasteiger partial charge in [0.1, 0.15) is 11.5 Å². The molecule has 0 spiro atoms. The topological polar surface area (TPSA) is 46.6 Å². The van der Waals surface area contributed by atoms with Crippen LogP contribution in [0.2, 0.25) is 10.0 Å². The van der Waals surface area contributed by atoms with Crippen molar-refractivity contribution in [2.75, 3.05) is 6.61 Å². The molecule has 0 aliphatic carbocycles. The minimum Gasteiger partial charge on any atom is -0.489 e. The second-order valence-electron chi connectivity index (χ2n) is 6.48. The maximum absolute atomic E-state index is 13.6. The van der Waals surface area contributed by atoms with Crippen molar-refractivity contribution in [3.63, 3.8) is 0 Å². The van der Waals surface area contributed by atoms with Gasteiger partial charge in [-0.15, -0.1) is 0 Å². The molecule has 0 unspecified atom stereocenters. The Balaban J connectivity index is 1.85. The second-order valence-corrected chi connectivity index (χ2v) is 9.18. The van der Waals surface area contributed by atoms with Crippen molar-refractivity contribution in [3.8, 4) is 5.75 Å². The van der Waals surface area contributed by atoms with Gasteiger partial charge in [-0.2, -0.15) is 4.31 Å². The highest BCUT2D eigenvalue weighted by atomic mass is 35.5. The van der Waals surface area contributed by atoms with Gasteiger partial charge in [-0.3, -0.25) is 0 Å². The summed E-state index contributed by atoms with van der Waals surface area (Å²) in [4.78, 5) is 0.0763. The van der Waals surface area contributed by atoms with Crippen LogP contribution in [0.5, 0.6) is 5.75 Å². The molecule has 144 valence electrons. The lowest BCUT2D eigenvalue weighted by molar-refractivity contribution is 0.210. The van der Waals surface area contributed by atoms with Crippen LogP contribution >= 0.6 is 23.2 Å². The molecule has 1 aliphatic rings. The Kier molecular flexibility index (Phi) is 5.34. The number of nitrogens with zero attached hydrogens (tertiary/aromatic N) is 1. The number of para-hydroxylation sites is 1. The van der Waals surface area contributed by atoms with Crippen molar-refractivity contribution >= 4 is 33.2 Å². The van der Waals surface area contributed by atoms with Crippen LogP contribution < -0.4 is 4.74 Å². The van der Waals surface area contributed by atoms with E-state index in [2.05, 4.69) is 0 Å². The molecule has 7 heteroatoms. The maximum Gasteiger partial charge on any atom is 0.247 e. The van der Waals surface area contributed by atoms with E-state index in [9.17, 15) is 8.42 Å². The Bertz CT molecular complexity index is 1090. The molecule has 0 amide bonds. The Labute approximate surface area is 174 Å². The number of benzene rings is 3. The van der Waals surface area contributed by atoms with Gasteiger partial charge in [0.05, 0.1) is 11.1 Å². The van der Waals surface area contributed by atoms with E-state index < -0.39 is 16.1 Å². The lowest BCUT2D eigenvalue weighted by Gasteiger charge is -2.28. The molecule has 0 N–H and O–H groups in total. The third-order valence-corrected chi connectivity index (χ3v) is 7.11. The largest absolute Gasteiger partial charge is 0.489 e. The van der Waals surface area contributed by atoms with Crippen LogP contribution in [0.3, 0.4) is 0 Å². The molecule has 0 saturated carbocycles. The van der Waals surface area contributed by atoms with Gasteiger partial charge in [-0.1, -0.05) is 71.7 Å². The van der Waals surface area contributed by atoms with Crippen LogP contribution in [0.15, 0.2) is 77.7 Å². The molecule has 0 saturated heterocycles. The third kappa shape index (κ3) is 3.63. The van der Waals surface area contributed by atoms with E-state index in [1.807, 2.05) is 42.5 Å². The Hall–Kier alpha value is -2.05. The fraction of sp³-hybridized carbons (Fsp3) is 0.143.